The summed E-state index contributed by atoms with van der Waals surface area (Å²) in [7, 11) is 3.38. The van der Waals surface area contributed by atoms with Crippen LogP contribution in [0.3, 0.4) is 0 Å². The van der Waals surface area contributed by atoms with E-state index in [9.17, 15) is 15.0 Å². The number of carbonyl (C=O) groups excluding carboxylic acids is 1. The summed E-state index contributed by atoms with van der Waals surface area (Å²) in [5.74, 6) is -0.467. The molecule has 12 nitrogen and oxygen atoms in total. The van der Waals surface area contributed by atoms with Gasteiger partial charge in [-0.15, -0.1) is 5.10 Å². The molecule has 4 rings (SSSR count). The average Bonchev–Trinajstić information content (AvgIpc) is 3.53. The van der Waals surface area contributed by atoms with E-state index in [0.717, 1.165) is 22.6 Å². The lowest BCUT2D eigenvalue weighted by Gasteiger charge is -2.48. The number of nitrogens with zero attached hydrogens (tertiary/aromatic N) is 5. The molecule has 212 valence electrons. The third-order valence-electron chi connectivity index (χ3n) is 6.82. The Kier molecular flexibility index (Phi) is 8.24. The van der Waals surface area contributed by atoms with Gasteiger partial charge >= 0.3 is 0 Å². The van der Waals surface area contributed by atoms with Crippen LogP contribution < -0.4 is 5.32 Å². The third kappa shape index (κ3) is 6.20. The topological polar surface area (TPSA) is 146 Å². The lowest BCUT2D eigenvalue weighted by molar-refractivity contribution is -0.278. The molecule has 1 saturated heterocycles. The molecule has 1 aliphatic heterocycles. The van der Waals surface area contributed by atoms with Crippen LogP contribution in [0.1, 0.15) is 40.2 Å². The van der Waals surface area contributed by atoms with E-state index in [4.69, 9.17) is 14.2 Å². The molecule has 39 heavy (non-hydrogen) atoms. The second-order valence-electron chi connectivity index (χ2n) is 11.3. The smallest absolute Gasteiger partial charge is 0.252 e. The molecular weight excluding hydrogens is 504 g/mol. The van der Waals surface area contributed by atoms with Crippen LogP contribution in [0.4, 0.5) is 0 Å². The Hall–Kier alpha value is -3.16. The molecule has 2 aromatic heterocycles. The summed E-state index contributed by atoms with van der Waals surface area (Å²) in [5.41, 5.74) is 1.66. The van der Waals surface area contributed by atoms with Crippen molar-refractivity contribution in [3.8, 4) is 17.1 Å². The number of amides is 1. The number of rotatable bonds is 8. The van der Waals surface area contributed by atoms with Crippen molar-refractivity contribution in [2.75, 3.05) is 7.11 Å². The highest BCUT2D eigenvalue weighted by atomic mass is 16.6. The lowest BCUT2D eigenvalue weighted by atomic mass is 9.86. The molecule has 1 aromatic carbocycles. The molecule has 1 amide bonds. The van der Waals surface area contributed by atoms with Gasteiger partial charge in [-0.1, -0.05) is 17.3 Å². The van der Waals surface area contributed by atoms with Crippen LogP contribution in [-0.4, -0.2) is 89.5 Å². The Labute approximate surface area is 227 Å². The summed E-state index contributed by atoms with van der Waals surface area (Å²) in [5, 5.41) is 32.9. The maximum atomic E-state index is 13.4. The number of nitrogens with one attached hydrogen (secondary N) is 1. The normalized spacial score (nSPS) is 24.1. The van der Waals surface area contributed by atoms with Gasteiger partial charge in [0.05, 0.1) is 41.3 Å². The van der Waals surface area contributed by atoms with Gasteiger partial charge in [-0.3, -0.25) is 4.79 Å². The van der Waals surface area contributed by atoms with Crippen LogP contribution in [-0.2, 0) is 32.6 Å². The van der Waals surface area contributed by atoms with E-state index in [1.807, 2.05) is 56.7 Å². The molecule has 3 N–H and O–H groups in total. The summed E-state index contributed by atoms with van der Waals surface area (Å²) in [6, 6.07) is 7.53. The number of aromatic nitrogens is 5. The van der Waals surface area contributed by atoms with Gasteiger partial charge in [0.15, 0.2) is 6.10 Å². The zero-order valence-electron chi connectivity index (χ0n) is 23.4. The fourth-order valence-electron chi connectivity index (χ4n) is 4.56. The van der Waals surface area contributed by atoms with E-state index in [-0.39, 0.29) is 6.54 Å². The third-order valence-corrected chi connectivity index (χ3v) is 6.82. The number of hydrogen-bond donors (Lipinski definition) is 3. The van der Waals surface area contributed by atoms with Crippen molar-refractivity contribution in [1.82, 2.24) is 29.9 Å². The Morgan fingerprint density at radius 1 is 1.08 bits per heavy atom. The predicted octanol–water partition coefficient (Wildman–Crippen LogP) is 1.38. The van der Waals surface area contributed by atoms with Crippen molar-refractivity contribution in [3.05, 3.63) is 48.5 Å². The number of ether oxygens (including phenoxy) is 3. The molecule has 0 radical (unpaired) electrons. The minimum atomic E-state index is -1.36. The highest BCUT2D eigenvalue weighted by molar-refractivity contribution is 5.81. The van der Waals surface area contributed by atoms with Gasteiger partial charge in [0.2, 0.25) is 0 Å². The molecule has 1 aliphatic rings. The number of hydrogen-bond acceptors (Lipinski definition) is 9. The number of methoxy groups -OCH3 is 1. The van der Waals surface area contributed by atoms with E-state index in [1.165, 1.54) is 7.11 Å². The Balaban J connectivity index is 1.49. The Morgan fingerprint density at radius 3 is 2.36 bits per heavy atom. The molecule has 0 bridgehead atoms. The van der Waals surface area contributed by atoms with Crippen molar-refractivity contribution < 1.29 is 29.2 Å². The second kappa shape index (κ2) is 11.1. The maximum absolute atomic E-state index is 13.4. The van der Waals surface area contributed by atoms with Crippen LogP contribution in [0.5, 0.6) is 0 Å². The molecule has 0 saturated carbocycles. The van der Waals surface area contributed by atoms with Crippen LogP contribution in [0.15, 0.2) is 43.0 Å². The number of benzene rings is 1. The summed E-state index contributed by atoms with van der Waals surface area (Å²) < 4.78 is 21.1. The Bertz CT molecular complexity index is 1260. The fourth-order valence-corrected chi connectivity index (χ4v) is 4.56. The summed E-state index contributed by atoms with van der Waals surface area (Å²) in [6.45, 7) is 9.09. The van der Waals surface area contributed by atoms with E-state index >= 15 is 0 Å². The molecular formula is C27H38N6O6. The van der Waals surface area contributed by atoms with Gasteiger partial charge < -0.3 is 34.3 Å². The maximum Gasteiger partial charge on any atom is 0.252 e. The average molecular weight is 543 g/mol. The van der Waals surface area contributed by atoms with E-state index in [0.29, 0.717) is 0 Å². The van der Waals surface area contributed by atoms with Gasteiger partial charge in [0.1, 0.15) is 30.1 Å². The zero-order valence-corrected chi connectivity index (χ0v) is 23.4. The number of aliphatic hydroxyl groups is 2. The van der Waals surface area contributed by atoms with Gasteiger partial charge in [-0.05, 0) is 52.3 Å². The van der Waals surface area contributed by atoms with Gasteiger partial charge in [0.25, 0.3) is 5.91 Å². The first-order chi connectivity index (χ1) is 18.3. The first kappa shape index (κ1) is 28.8. The minimum Gasteiger partial charge on any atom is -0.387 e. The fraction of sp³-hybridized carbons (Fsp3) is 0.556. The largest absolute Gasteiger partial charge is 0.387 e. The number of imidazole rings is 1. The van der Waals surface area contributed by atoms with Crippen LogP contribution in [0.25, 0.3) is 17.1 Å². The molecule has 3 aromatic rings. The van der Waals surface area contributed by atoms with Crippen LogP contribution in [0, 0.1) is 0 Å². The quantitative estimate of drug-likeness (QED) is 0.384. The van der Waals surface area contributed by atoms with Gasteiger partial charge in [-0.2, -0.15) is 0 Å². The van der Waals surface area contributed by atoms with Crippen molar-refractivity contribution in [3.63, 3.8) is 0 Å². The number of aliphatic hydroxyl groups excluding tert-OH is 2. The number of aryl methyl sites for hydroxylation is 1. The highest BCUT2D eigenvalue weighted by Crippen LogP contribution is 2.33. The monoisotopic (exact) mass is 542 g/mol. The summed E-state index contributed by atoms with van der Waals surface area (Å²) >= 11 is 0. The first-order valence-electron chi connectivity index (χ1n) is 12.8. The molecule has 0 aliphatic carbocycles. The van der Waals surface area contributed by atoms with Gasteiger partial charge in [0, 0.05) is 20.7 Å². The molecule has 1 fully saturated rings. The summed E-state index contributed by atoms with van der Waals surface area (Å²) in [4.78, 5) is 17.5. The zero-order chi connectivity index (χ0) is 28.5. The molecule has 12 heteroatoms. The molecule has 3 heterocycles. The minimum absolute atomic E-state index is 0.212. The van der Waals surface area contributed by atoms with E-state index < -0.39 is 47.6 Å². The van der Waals surface area contributed by atoms with Crippen molar-refractivity contribution in [1.29, 1.82) is 0 Å². The van der Waals surface area contributed by atoms with Crippen LogP contribution in [0.2, 0.25) is 0 Å². The van der Waals surface area contributed by atoms with E-state index in [1.54, 1.807) is 37.3 Å². The predicted molar refractivity (Wildman–Crippen MR) is 142 cm³/mol. The van der Waals surface area contributed by atoms with E-state index in [2.05, 4.69) is 20.6 Å². The summed E-state index contributed by atoms with van der Waals surface area (Å²) in [6.07, 6.45) is -0.734. The molecule has 1 unspecified atom stereocenters. The first-order valence-corrected chi connectivity index (χ1v) is 12.8. The van der Waals surface area contributed by atoms with Crippen molar-refractivity contribution in [2.45, 2.75) is 82.9 Å². The Morgan fingerprint density at radius 2 is 1.77 bits per heavy atom. The highest BCUT2D eigenvalue weighted by Gasteiger charge is 2.53. The van der Waals surface area contributed by atoms with Gasteiger partial charge in [-0.25, -0.2) is 9.67 Å². The molecule has 5 atom stereocenters. The second-order valence-corrected chi connectivity index (χ2v) is 11.3. The molecule has 0 spiro atoms. The van der Waals surface area contributed by atoms with Crippen molar-refractivity contribution >= 4 is 5.91 Å². The van der Waals surface area contributed by atoms with Crippen molar-refractivity contribution in [2.24, 2.45) is 7.05 Å². The number of carbonyl (C=O) groups is 1. The standard InChI is InChI=1S/C27H38N6O6/c1-26(2,3)39-22-20(34)21(35)24(27(4,5)37-7)38-23(22)25(36)29-12-16-8-10-17(11-9-16)33-19(14-30-31-33)18-13-28-15-32(18)6/h8-11,13-15,20-24,34-35H,12H2,1-7H3,(H,29,36)/t20-,21+,22+,23?,24-/m1/s1. The van der Waals surface area contributed by atoms with Crippen LogP contribution >= 0.6 is 0 Å². The SMILES string of the molecule is COC(C)(C)[C@@H]1OC(C(=O)NCc2ccc(-n3nncc3-c3cncn3C)cc2)[C@@H](OC(C)(C)C)[C@H](O)[C@@H]1O. The lowest BCUT2D eigenvalue weighted by Crippen LogP contribution is -2.67.